The molecule has 1 N–H and O–H groups in total. The number of benzene rings is 1. The Morgan fingerprint density at radius 1 is 1.10 bits per heavy atom. The summed E-state index contributed by atoms with van der Waals surface area (Å²) in [6, 6.07) is 12.3. The summed E-state index contributed by atoms with van der Waals surface area (Å²) in [6.07, 6.45) is 8.22. The summed E-state index contributed by atoms with van der Waals surface area (Å²) in [6.45, 7) is 3.08. The van der Waals surface area contributed by atoms with E-state index in [0.717, 1.165) is 44.5 Å². The van der Waals surface area contributed by atoms with Gasteiger partial charge in [0, 0.05) is 18.8 Å². The van der Waals surface area contributed by atoms with Gasteiger partial charge >= 0.3 is 0 Å². The smallest absolute Gasteiger partial charge is 0.209 e. The maximum absolute atomic E-state index is 11.9. The highest BCUT2D eigenvalue weighted by Gasteiger charge is 2.37. The first-order chi connectivity index (χ1) is 14.9. The van der Waals surface area contributed by atoms with Gasteiger partial charge in [0.15, 0.2) is 0 Å². The molecular formula is C23H32N4O3S. The highest BCUT2D eigenvalue weighted by atomic mass is 32.2. The second-order valence-electron chi connectivity index (χ2n) is 8.73. The Hall–Kier alpha value is -2.03. The van der Waals surface area contributed by atoms with Gasteiger partial charge in [0.25, 0.3) is 0 Å². The monoisotopic (exact) mass is 444 g/mol. The second-order valence-corrected chi connectivity index (χ2v) is 10.5. The number of aryl methyl sites for hydroxylation is 1. The van der Waals surface area contributed by atoms with Crippen LogP contribution in [0.1, 0.15) is 49.4 Å². The van der Waals surface area contributed by atoms with Crippen LogP contribution in [0.3, 0.4) is 0 Å². The van der Waals surface area contributed by atoms with Crippen molar-refractivity contribution in [2.24, 2.45) is 0 Å². The molecule has 1 aliphatic carbocycles. The van der Waals surface area contributed by atoms with Crippen molar-refractivity contribution in [1.29, 1.82) is 0 Å². The number of rotatable bonds is 7. The molecular weight excluding hydrogens is 412 g/mol. The molecule has 2 fully saturated rings. The van der Waals surface area contributed by atoms with E-state index in [2.05, 4.69) is 49.9 Å². The minimum Gasteiger partial charge on any atom is -0.376 e. The SMILES string of the molecule is Cc1nccc(N2CC[C@H](NS(C)(=O)=O)[C@@H]2COC2CCC(c3ccccc3)CC2)n1. The Morgan fingerprint density at radius 2 is 1.84 bits per heavy atom. The van der Waals surface area contributed by atoms with E-state index in [1.54, 1.807) is 6.20 Å². The average molecular weight is 445 g/mol. The zero-order valence-electron chi connectivity index (χ0n) is 18.3. The first kappa shape index (κ1) is 22.2. The fourth-order valence-electron chi connectivity index (χ4n) is 4.88. The molecule has 4 rings (SSSR count). The van der Waals surface area contributed by atoms with E-state index >= 15 is 0 Å². The summed E-state index contributed by atoms with van der Waals surface area (Å²) < 4.78 is 33.0. The predicted octanol–water partition coefficient (Wildman–Crippen LogP) is 3.02. The molecule has 0 unspecified atom stereocenters. The molecule has 1 aromatic carbocycles. The lowest BCUT2D eigenvalue weighted by Gasteiger charge is -2.33. The second kappa shape index (κ2) is 9.63. The van der Waals surface area contributed by atoms with Gasteiger partial charge in [-0.2, -0.15) is 0 Å². The van der Waals surface area contributed by atoms with E-state index in [-0.39, 0.29) is 18.2 Å². The van der Waals surface area contributed by atoms with E-state index in [0.29, 0.717) is 18.3 Å². The van der Waals surface area contributed by atoms with Crippen molar-refractivity contribution in [3.63, 3.8) is 0 Å². The first-order valence-electron chi connectivity index (χ1n) is 11.1. The van der Waals surface area contributed by atoms with Crippen LogP contribution in [0.5, 0.6) is 0 Å². The summed E-state index contributed by atoms with van der Waals surface area (Å²) in [5, 5.41) is 0. The third-order valence-electron chi connectivity index (χ3n) is 6.41. The van der Waals surface area contributed by atoms with Gasteiger partial charge in [0.2, 0.25) is 10.0 Å². The number of nitrogens with one attached hydrogen (secondary N) is 1. The Morgan fingerprint density at radius 3 is 2.52 bits per heavy atom. The van der Waals surface area contributed by atoms with Crippen LogP contribution < -0.4 is 9.62 Å². The van der Waals surface area contributed by atoms with Gasteiger partial charge < -0.3 is 9.64 Å². The van der Waals surface area contributed by atoms with Gasteiger partial charge in [-0.15, -0.1) is 0 Å². The molecule has 0 bridgehead atoms. The number of hydrogen-bond donors (Lipinski definition) is 1. The van der Waals surface area contributed by atoms with Crippen molar-refractivity contribution in [2.45, 2.75) is 63.1 Å². The fraction of sp³-hybridized carbons (Fsp3) is 0.565. The third kappa shape index (κ3) is 5.81. The number of hydrogen-bond acceptors (Lipinski definition) is 6. The maximum Gasteiger partial charge on any atom is 0.209 e. The zero-order chi connectivity index (χ0) is 21.8. The van der Waals surface area contributed by atoms with Gasteiger partial charge in [-0.1, -0.05) is 30.3 Å². The number of sulfonamides is 1. The molecule has 2 aliphatic rings. The van der Waals surface area contributed by atoms with Crippen LogP contribution in [0.25, 0.3) is 0 Å². The van der Waals surface area contributed by atoms with E-state index in [4.69, 9.17) is 4.74 Å². The molecule has 1 saturated heterocycles. The quantitative estimate of drug-likeness (QED) is 0.707. The summed E-state index contributed by atoms with van der Waals surface area (Å²) in [4.78, 5) is 10.9. The minimum atomic E-state index is -3.30. The zero-order valence-corrected chi connectivity index (χ0v) is 19.1. The molecule has 2 aromatic rings. The Labute approximate surface area is 185 Å². The Kier molecular flexibility index (Phi) is 6.89. The molecule has 168 valence electrons. The molecule has 0 spiro atoms. The fourth-order valence-corrected chi connectivity index (χ4v) is 5.71. The summed E-state index contributed by atoms with van der Waals surface area (Å²) >= 11 is 0. The van der Waals surface area contributed by atoms with E-state index < -0.39 is 10.0 Å². The van der Waals surface area contributed by atoms with E-state index in [1.165, 1.54) is 11.8 Å². The van der Waals surface area contributed by atoms with Crippen molar-refractivity contribution >= 4 is 15.8 Å². The van der Waals surface area contributed by atoms with Gasteiger partial charge in [-0.3, -0.25) is 0 Å². The van der Waals surface area contributed by atoms with Gasteiger partial charge in [0.1, 0.15) is 11.6 Å². The van der Waals surface area contributed by atoms with Crippen LogP contribution in [0, 0.1) is 6.92 Å². The molecule has 0 radical (unpaired) electrons. The number of aromatic nitrogens is 2. The van der Waals surface area contributed by atoms with E-state index in [1.807, 2.05) is 13.0 Å². The first-order valence-corrected chi connectivity index (χ1v) is 13.0. The van der Waals surface area contributed by atoms with E-state index in [9.17, 15) is 8.42 Å². The maximum atomic E-state index is 11.9. The highest BCUT2D eigenvalue weighted by molar-refractivity contribution is 7.88. The summed E-state index contributed by atoms with van der Waals surface area (Å²) in [5.41, 5.74) is 1.42. The van der Waals surface area contributed by atoms with Gasteiger partial charge in [-0.25, -0.2) is 23.1 Å². The number of ether oxygens (including phenoxy) is 1. The lowest BCUT2D eigenvalue weighted by atomic mass is 9.83. The lowest BCUT2D eigenvalue weighted by molar-refractivity contribution is 0.0156. The number of anilines is 1. The molecule has 0 amide bonds. The molecule has 8 heteroatoms. The van der Waals surface area contributed by atoms with Crippen LogP contribution in [0.4, 0.5) is 5.82 Å². The topological polar surface area (TPSA) is 84.4 Å². The van der Waals surface area contributed by atoms with Crippen molar-refractivity contribution in [3.8, 4) is 0 Å². The molecule has 1 aromatic heterocycles. The number of nitrogens with zero attached hydrogens (tertiary/aromatic N) is 3. The largest absolute Gasteiger partial charge is 0.376 e. The molecule has 1 aliphatic heterocycles. The molecule has 1 saturated carbocycles. The van der Waals surface area contributed by atoms with Crippen molar-refractivity contribution in [2.75, 3.05) is 24.3 Å². The molecule has 31 heavy (non-hydrogen) atoms. The lowest BCUT2D eigenvalue weighted by Crippen LogP contribution is -2.48. The third-order valence-corrected chi connectivity index (χ3v) is 7.15. The minimum absolute atomic E-state index is 0.0872. The van der Waals surface area contributed by atoms with Crippen LogP contribution in [-0.4, -0.2) is 56.0 Å². The molecule has 2 atom stereocenters. The Balaban J connectivity index is 1.39. The van der Waals surface area contributed by atoms with Crippen molar-refractivity contribution in [1.82, 2.24) is 14.7 Å². The summed E-state index contributed by atoms with van der Waals surface area (Å²) in [7, 11) is -3.30. The highest BCUT2D eigenvalue weighted by Crippen LogP contribution is 2.34. The standard InChI is InChI=1S/C23H32N4O3S/c1-17-24-14-12-23(25-17)27-15-13-21(26-31(2,28)29)22(27)16-30-20-10-8-19(9-11-20)18-6-4-3-5-7-18/h3-7,12,14,19-22,26H,8-11,13,15-16H2,1-2H3/t19?,20?,21-,22-/m0/s1. The van der Waals surface area contributed by atoms with Crippen LogP contribution >= 0.6 is 0 Å². The van der Waals surface area contributed by atoms with Crippen molar-refractivity contribution in [3.05, 3.63) is 54.0 Å². The summed E-state index contributed by atoms with van der Waals surface area (Å²) in [5.74, 6) is 2.13. The normalized spacial score (nSPS) is 26.8. The van der Waals surface area contributed by atoms with Crippen LogP contribution in [-0.2, 0) is 14.8 Å². The Bertz CT molecular complexity index is 962. The van der Waals surface area contributed by atoms with Gasteiger partial charge in [-0.05, 0) is 56.6 Å². The average Bonchev–Trinajstić information content (AvgIpc) is 3.14. The van der Waals surface area contributed by atoms with Crippen LogP contribution in [0.15, 0.2) is 42.6 Å². The van der Waals surface area contributed by atoms with Gasteiger partial charge in [0.05, 0.1) is 25.0 Å². The predicted molar refractivity (Wildman–Crippen MR) is 122 cm³/mol. The molecule has 2 heterocycles. The molecule has 7 nitrogen and oxygen atoms in total. The van der Waals surface area contributed by atoms with Crippen LogP contribution in [0.2, 0.25) is 0 Å². The van der Waals surface area contributed by atoms with Crippen molar-refractivity contribution < 1.29 is 13.2 Å².